The predicted molar refractivity (Wildman–Crippen MR) is 219 cm³/mol. The maximum Gasteiger partial charge on any atom is 0.264 e. The lowest BCUT2D eigenvalue weighted by atomic mass is 9.87. The van der Waals surface area contributed by atoms with Crippen LogP contribution in [0.3, 0.4) is 0 Å². The predicted octanol–water partition coefficient (Wildman–Crippen LogP) is 6.18. The molecule has 2 aliphatic heterocycles. The number of hydrogen-bond acceptors (Lipinski definition) is 8. The van der Waals surface area contributed by atoms with Crippen LogP contribution < -0.4 is 17.2 Å². The van der Waals surface area contributed by atoms with Crippen LogP contribution in [0.4, 0.5) is 22.7 Å². The molecule has 16 heteroatoms. The van der Waals surface area contributed by atoms with E-state index < -0.39 is 71.7 Å². The Morgan fingerprint density at radius 1 is 0.281 bits per heavy atom. The van der Waals surface area contributed by atoms with Crippen molar-refractivity contribution in [1.29, 1.82) is 0 Å². The van der Waals surface area contributed by atoms with Crippen LogP contribution in [0.5, 0.6) is 0 Å². The molecule has 0 fully saturated rings. The lowest BCUT2D eigenvalue weighted by Crippen LogP contribution is -2.57. The second-order valence-corrected chi connectivity index (χ2v) is 21.2. The van der Waals surface area contributed by atoms with E-state index in [0.717, 1.165) is 17.2 Å². The van der Waals surface area contributed by atoms with Gasteiger partial charge in [-0.1, -0.05) is 97.1 Å². The zero-order chi connectivity index (χ0) is 40.1. The molecule has 0 amide bonds. The highest BCUT2D eigenvalue weighted by atomic mass is 32.2. The highest BCUT2D eigenvalue weighted by molar-refractivity contribution is 7.94. The Hall–Kier alpha value is -5.68. The Balaban J connectivity index is 1.45. The zero-order valence-corrected chi connectivity index (χ0v) is 33.4. The molecule has 1 spiro atoms. The van der Waals surface area contributed by atoms with Crippen molar-refractivity contribution < 1.29 is 33.7 Å². The minimum atomic E-state index is -4.52. The van der Waals surface area contributed by atoms with Crippen LogP contribution in [-0.4, -0.2) is 59.9 Å². The molecule has 0 atom stereocenters. The fraction of sp³-hybridized carbons (Fsp3) is 0.122. The summed E-state index contributed by atoms with van der Waals surface area (Å²) in [5.74, 6) is 0. The second-order valence-electron chi connectivity index (χ2n) is 13.8. The molecule has 57 heavy (non-hydrogen) atoms. The van der Waals surface area contributed by atoms with Crippen molar-refractivity contribution in [3.05, 3.63) is 170 Å². The van der Waals surface area contributed by atoms with Gasteiger partial charge in [0, 0.05) is 31.6 Å². The number of rotatable bonds is 8. The molecular weight excluding hydrogens is 805 g/mol. The van der Waals surface area contributed by atoms with Gasteiger partial charge >= 0.3 is 0 Å². The van der Waals surface area contributed by atoms with Gasteiger partial charge in [0.05, 0.1) is 42.3 Å². The van der Waals surface area contributed by atoms with E-state index in [1.807, 2.05) is 0 Å². The van der Waals surface area contributed by atoms with Gasteiger partial charge < -0.3 is 0 Å². The maximum atomic E-state index is 15.0. The van der Waals surface area contributed by atoms with E-state index in [2.05, 4.69) is 0 Å². The van der Waals surface area contributed by atoms with Crippen LogP contribution in [0.25, 0.3) is 0 Å². The highest BCUT2D eigenvalue weighted by Gasteiger charge is 2.52. The van der Waals surface area contributed by atoms with Crippen molar-refractivity contribution >= 4 is 62.8 Å². The van der Waals surface area contributed by atoms with E-state index in [-0.39, 0.29) is 42.3 Å². The lowest BCUT2D eigenvalue weighted by molar-refractivity contribution is 0.343. The van der Waals surface area contributed by atoms with Crippen LogP contribution in [0.2, 0.25) is 0 Å². The van der Waals surface area contributed by atoms with Gasteiger partial charge in [-0.3, -0.25) is 17.2 Å². The number of sulfonamides is 4. The monoisotopic (exact) mass is 840 g/mol. The maximum absolute atomic E-state index is 15.0. The average Bonchev–Trinajstić information content (AvgIpc) is 3.49. The number of anilines is 4. The zero-order valence-electron chi connectivity index (χ0n) is 30.2. The summed E-state index contributed by atoms with van der Waals surface area (Å²) in [5, 5.41) is 0. The van der Waals surface area contributed by atoms with Gasteiger partial charge in [0.15, 0.2) is 0 Å². The molecule has 2 aliphatic rings. The summed E-state index contributed by atoms with van der Waals surface area (Å²) >= 11 is 0. The molecule has 0 aliphatic carbocycles. The van der Waals surface area contributed by atoms with Crippen molar-refractivity contribution in [3.8, 4) is 0 Å². The molecule has 2 heterocycles. The minimum Gasteiger partial charge on any atom is -0.263 e. The number of benzene rings is 6. The van der Waals surface area contributed by atoms with Crippen LogP contribution >= 0.6 is 0 Å². The summed E-state index contributed by atoms with van der Waals surface area (Å²) in [6.45, 7) is -2.12. The largest absolute Gasteiger partial charge is 0.264 e. The first-order chi connectivity index (χ1) is 27.3. The van der Waals surface area contributed by atoms with E-state index in [0.29, 0.717) is 0 Å². The van der Waals surface area contributed by atoms with Crippen molar-refractivity contribution in [2.75, 3.05) is 43.4 Å². The summed E-state index contributed by atoms with van der Waals surface area (Å²) < 4.78 is 124. The Labute approximate surface area is 333 Å². The van der Waals surface area contributed by atoms with Crippen LogP contribution in [-0.2, 0) is 40.1 Å². The number of nitrogens with zero attached hydrogens (tertiary/aromatic N) is 4. The SMILES string of the molecule is O=S(=O)(c1ccccc1)N1CC2(CN(S(=O)(=O)c3ccccc3)c3ccccc31)CN(S(=O)(=O)c1ccccc1)c1ccccc1N(S(=O)(=O)c1ccccc1)C2. The van der Waals surface area contributed by atoms with Crippen LogP contribution in [0.15, 0.2) is 189 Å². The molecule has 0 N–H and O–H groups in total. The molecule has 0 radical (unpaired) electrons. The van der Waals surface area contributed by atoms with Crippen molar-refractivity contribution in [1.82, 2.24) is 0 Å². The third-order valence-corrected chi connectivity index (χ3v) is 17.2. The van der Waals surface area contributed by atoms with E-state index in [1.54, 1.807) is 97.1 Å². The van der Waals surface area contributed by atoms with Gasteiger partial charge in [0.25, 0.3) is 40.1 Å². The molecule has 0 unspecified atom stereocenters. The molecule has 0 aromatic heterocycles. The quantitative estimate of drug-likeness (QED) is 0.177. The smallest absolute Gasteiger partial charge is 0.263 e. The Kier molecular flexibility index (Phi) is 9.63. The second kappa shape index (κ2) is 14.4. The Bertz CT molecular complexity index is 2490. The average molecular weight is 841 g/mol. The fourth-order valence-corrected chi connectivity index (χ4v) is 13.8. The van der Waals surface area contributed by atoms with Crippen molar-refractivity contribution in [3.63, 3.8) is 0 Å². The highest BCUT2D eigenvalue weighted by Crippen LogP contribution is 2.48. The van der Waals surface area contributed by atoms with Gasteiger partial charge in [-0.05, 0) is 72.8 Å². The molecule has 0 saturated heterocycles. The van der Waals surface area contributed by atoms with Crippen LogP contribution in [0.1, 0.15) is 0 Å². The Morgan fingerprint density at radius 2 is 0.456 bits per heavy atom. The molecule has 12 nitrogen and oxygen atoms in total. The van der Waals surface area contributed by atoms with Gasteiger partial charge in [0.1, 0.15) is 0 Å². The van der Waals surface area contributed by atoms with E-state index in [9.17, 15) is 33.7 Å². The number of fused-ring (bicyclic) bond motifs is 2. The Morgan fingerprint density at radius 3 is 0.649 bits per heavy atom. The van der Waals surface area contributed by atoms with Crippen molar-refractivity contribution in [2.45, 2.75) is 19.6 Å². The molecule has 6 aromatic rings. The molecule has 0 bridgehead atoms. The van der Waals surface area contributed by atoms with Crippen LogP contribution in [0, 0.1) is 5.41 Å². The van der Waals surface area contributed by atoms with Gasteiger partial charge in [0.2, 0.25) is 0 Å². The summed E-state index contributed by atoms with van der Waals surface area (Å²) in [6.07, 6.45) is 0. The third kappa shape index (κ3) is 6.71. The molecule has 8 rings (SSSR count). The number of hydrogen-bond donors (Lipinski definition) is 0. The normalized spacial score (nSPS) is 16.0. The lowest BCUT2D eigenvalue weighted by Gasteiger charge is -2.41. The van der Waals surface area contributed by atoms with Gasteiger partial charge in [-0.15, -0.1) is 0 Å². The first-order valence-corrected chi connectivity index (χ1v) is 23.5. The number of para-hydroxylation sites is 4. The van der Waals surface area contributed by atoms with Crippen molar-refractivity contribution in [2.24, 2.45) is 5.41 Å². The summed E-state index contributed by atoms with van der Waals surface area (Å²) in [7, 11) is -18.1. The molecule has 0 saturated carbocycles. The summed E-state index contributed by atoms with van der Waals surface area (Å²) in [6, 6.07) is 42.7. The molecule has 6 aromatic carbocycles. The van der Waals surface area contributed by atoms with Gasteiger partial charge in [-0.25, -0.2) is 33.7 Å². The topological polar surface area (TPSA) is 150 Å². The first kappa shape index (κ1) is 38.2. The third-order valence-electron chi connectivity index (χ3n) is 10.1. The molecular formula is C41H36N4O8S4. The van der Waals surface area contributed by atoms with E-state index >= 15 is 0 Å². The fourth-order valence-electron chi connectivity index (χ4n) is 7.37. The van der Waals surface area contributed by atoms with E-state index in [4.69, 9.17) is 0 Å². The van der Waals surface area contributed by atoms with E-state index in [1.165, 1.54) is 72.8 Å². The minimum absolute atomic E-state index is 0.00873. The first-order valence-electron chi connectivity index (χ1n) is 17.8. The van der Waals surface area contributed by atoms with Gasteiger partial charge in [-0.2, -0.15) is 0 Å². The summed E-state index contributed by atoms with van der Waals surface area (Å²) in [5.41, 5.74) is -1.77. The standard InChI is InChI=1S/C41H36N4O8S4/c46-54(47,33-17-5-1-6-18-33)42-29-41(30-43(38-26-14-13-25-37(38)42)55(48,49)34-19-7-2-8-20-34)31-44(56(50,51)35-21-9-3-10-22-35)39-27-15-16-28-40(39)45(32-41)57(52,53)36-23-11-4-12-24-36/h1-28H,29-32H2. The summed E-state index contributed by atoms with van der Waals surface area (Å²) in [4.78, 5) is -0.412. The molecule has 292 valence electrons.